The zero-order valence-corrected chi connectivity index (χ0v) is 20.3. The Bertz CT molecular complexity index is 1180. The maximum Gasteiger partial charge on any atom is 0.238 e. The molecule has 0 saturated heterocycles. The number of para-hydroxylation sites is 1. The molecule has 0 heterocycles. The third-order valence-corrected chi connectivity index (χ3v) is 6.11. The maximum absolute atomic E-state index is 13.3. The van der Waals surface area contributed by atoms with Gasteiger partial charge in [-0.05, 0) is 48.9 Å². The molecule has 0 atom stereocenters. The molecule has 0 amide bonds. The largest absolute Gasteiger partial charge is 0.493 e. The summed E-state index contributed by atoms with van der Waals surface area (Å²) in [7, 11) is -2.13. The number of sulfonamides is 1. The molecule has 0 unspecified atom stereocenters. The lowest BCUT2D eigenvalue weighted by Crippen LogP contribution is -2.18. The first-order chi connectivity index (χ1) is 15.3. The van der Waals surface area contributed by atoms with Crippen molar-refractivity contribution in [1.29, 1.82) is 0 Å². The van der Waals surface area contributed by atoms with Crippen LogP contribution in [0, 0.1) is 5.82 Å². The molecule has 0 aliphatic heterocycles. The van der Waals surface area contributed by atoms with E-state index in [1.807, 2.05) is 12.1 Å². The summed E-state index contributed by atoms with van der Waals surface area (Å²) in [6, 6.07) is 16.3. The van der Waals surface area contributed by atoms with Crippen molar-refractivity contribution in [1.82, 2.24) is 5.32 Å². The summed E-state index contributed by atoms with van der Waals surface area (Å²) in [4.78, 5) is 0.0913. The SMILES string of the molecule is COc1cccc(CNCCc2ccc(S(N)(=O)=O)cc2)c1OCc1ccc(F)cc1Cl.Cl. The smallest absolute Gasteiger partial charge is 0.238 e. The summed E-state index contributed by atoms with van der Waals surface area (Å²) in [6.07, 6.45) is 0.705. The Morgan fingerprint density at radius 2 is 1.79 bits per heavy atom. The number of hydrogen-bond acceptors (Lipinski definition) is 5. The van der Waals surface area contributed by atoms with Crippen molar-refractivity contribution in [2.24, 2.45) is 5.14 Å². The third kappa shape index (κ3) is 7.58. The lowest BCUT2D eigenvalue weighted by Gasteiger charge is -2.16. The molecule has 0 fully saturated rings. The highest BCUT2D eigenvalue weighted by Crippen LogP contribution is 2.32. The summed E-state index contributed by atoms with van der Waals surface area (Å²) in [5, 5.41) is 8.77. The Morgan fingerprint density at radius 1 is 1.06 bits per heavy atom. The fourth-order valence-electron chi connectivity index (χ4n) is 3.12. The van der Waals surface area contributed by atoms with Gasteiger partial charge in [0.05, 0.1) is 17.0 Å². The van der Waals surface area contributed by atoms with E-state index >= 15 is 0 Å². The number of halogens is 3. The van der Waals surface area contributed by atoms with E-state index in [1.165, 1.54) is 24.3 Å². The van der Waals surface area contributed by atoms with Crippen LogP contribution in [0.5, 0.6) is 11.5 Å². The Hall–Kier alpha value is -2.36. The van der Waals surface area contributed by atoms with Crippen LogP contribution in [0.1, 0.15) is 16.7 Å². The Kier molecular flexibility index (Phi) is 9.94. The van der Waals surface area contributed by atoms with Gasteiger partial charge in [-0.15, -0.1) is 12.4 Å². The van der Waals surface area contributed by atoms with E-state index in [2.05, 4.69) is 5.32 Å². The highest BCUT2D eigenvalue weighted by molar-refractivity contribution is 7.89. The summed E-state index contributed by atoms with van der Waals surface area (Å²) in [5.41, 5.74) is 2.55. The molecule has 0 bridgehead atoms. The second kappa shape index (κ2) is 12.2. The standard InChI is InChI=1S/C23H24ClFN2O4S.ClH/c1-30-22-4-2-3-17(23(22)31-15-18-7-8-19(25)13-21(18)24)14-27-12-11-16-5-9-20(10-6-16)32(26,28)29;/h2-10,13,27H,11-12,14-15H2,1H3,(H2,26,28,29);1H. The van der Waals surface area contributed by atoms with Gasteiger partial charge in [0.15, 0.2) is 11.5 Å². The van der Waals surface area contributed by atoms with E-state index in [0.29, 0.717) is 41.6 Å². The van der Waals surface area contributed by atoms with Gasteiger partial charge in [-0.3, -0.25) is 0 Å². The van der Waals surface area contributed by atoms with Crippen LogP contribution in [-0.4, -0.2) is 22.1 Å². The number of ether oxygens (including phenoxy) is 2. The number of nitrogens with one attached hydrogen (secondary N) is 1. The van der Waals surface area contributed by atoms with Gasteiger partial charge in [0.25, 0.3) is 0 Å². The lowest BCUT2D eigenvalue weighted by molar-refractivity contribution is 0.280. The summed E-state index contributed by atoms with van der Waals surface area (Å²) >= 11 is 6.10. The number of methoxy groups -OCH3 is 1. The van der Waals surface area contributed by atoms with Crippen molar-refractivity contribution in [3.63, 3.8) is 0 Å². The fraction of sp³-hybridized carbons (Fsp3) is 0.217. The molecule has 3 aromatic rings. The average molecular weight is 515 g/mol. The lowest BCUT2D eigenvalue weighted by atomic mass is 10.1. The molecule has 0 aliphatic carbocycles. The van der Waals surface area contributed by atoms with Crippen LogP contribution < -0.4 is 19.9 Å². The first kappa shape index (κ1) is 26.9. The molecule has 3 rings (SSSR count). The van der Waals surface area contributed by atoms with Crippen molar-refractivity contribution in [3.05, 3.63) is 88.2 Å². The third-order valence-electron chi connectivity index (χ3n) is 4.83. The zero-order chi connectivity index (χ0) is 23.1. The van der Waals surface area contributed by atoms with E-state index < -0.39 is 15.8 Å². The molecule has 0 spiro atoms. The van der Waals surface area contributed by atoms with Gasteiger partial charge < -0.3 is 14.8 Å². The Morgan fingerprint density at radius 3 is 2.42 bits per heavy atom. The Balaban J connectivity index is 0.00000385. The number of benzene rings is 3. The van der Waals surface area contributed by atoms with E-state index in [-0.39, 0.29) is 23.9 Å². The van der Waals surface area contributed by atoms with Gasteiger partial charge in [0.2, 0.25) is 10.0 Å². The van der Waals surface area contributed by atoms with Crippen molar-refractivity contribution in [2.75, 3.05) is 13.7 Å². The maximum atomic E-state index is 13.3. The quantitative estimate of drug-likeness (QED) is 0.389. The van der Waals surface area contributed by atoms with Crippen LogP contribution >= 0.6 is 24.0 Å². The number of nitrogens with two attached hydrogens (primary N) is 1. The molecule has 0 radical (unpaired) electrons. The minimum atomic E-state index is -3.69. The van der Waals surface area contributed by atoms with Crippen LogP contribution in [0.25, 0.3) is 0 Å². The molecule has 178 valence electrons. The van der Waals surface area contributed by atoms with Gasteiger partial charge in [-0.2, -0.15) is 0 Å². The van der Waals surface area contributed by atoms with Gasteiger partial charge >= 0.3 is 0 Å². The molecular formula is C23H25Cl2FN2O4S. The van der Waals surface area contributed by atoms with E-state index in [1.54, 1.807) is 31.4 Å². The molecule has 0 saturated carbocycles. The van der Waals surface area contributed by atoms with Gasteiger partial charge in [-0.1, -0.05) is 41.9 Å². The average Bonchev–Trinajstić information content (AvgIpc) is 2.76. The van der Waals surface area contributed by atoms with Gasteiger partial charge in [0.1, 0.15) is 12.4 Å². The predicted octanol–water partition coefficient (Wildman–Crippen LogP) is 4.47. The molecule has 3 aromatic carbocycles. The van der Waals surface area contributed by atoms with Crippen LogP contribution in [0.4, 0.5) is 4.39 Å². The molecule has 10 heteroatoms. The number of primary sulfonamides is 1. The Labute approximate surface area is 204 Å². The molecule has 33 heavy (non-hydrogen) atoms. The monoisotopic (exact) mass is 514 g/mol. The van der Waals surface area contributed by atoms with E-state index in [4.69, 9.17) is 26.2 Å². The predicted molar refractivity (Wildman–Crippen MR) is 129 cm³/mol. The van der Waals surface area contributed by atoms with Crippen molar-refractivity contribution >= 4 is 34.0 Å². The van der Waals surface area contributed by atoms with Gasteiger partial charge in [-0.25, -0.2) is 17.9 Å². The van der Waals surface area contributed by atoms with Crippen LogP contribution in [0.2, 0.25) is 5.02 Å². The fourth-order valence-corrected chi connectivity index (χ4v) is 3.85. The number of rotatable bonds is 10. The molecular weight excluding hydrogens is 490 g/mol. The number of hydrogen-bond donors (Lipinski definition) is 2. The van der Waals surface area contributed by atoms with E-state index in [9.17, 15) is 12.8 Å². The molecule has 0 aliphatic rings. The second-order valence-electron chi connectivity index (χ2n) is 7.09. The summed E-state index contributed by atoms with van der Waals surface area (Å²) in [5.74, 6) is 0.765. The van der Waals surface area contributed by atoms with Crippen LogP contribution in [0.3, 0.4) is 0 Å². The second-order valence-corrected chi connectivity index (χ2v) is 9.06. The minimum Gasteiger partial charge on any atom is -0.493 e. The summed E-state index contributed by atoms with van der Waals surface area (Å²) in [6.45, 7) is 1.36. The molecule has 3 N–H and O–H groups in total. The van der Waals surface area contributed by atoms with Crippen molar-refractivity contribution < 1.29 is 22.3 Å². The van der Waals surface area contributed by atoms with Crippen molar-refractivity contribution in [3.8, 4) is 11.5 Å². The van der Waals surface area contributed by atoms with Crippen LogP contribution in [0.15, 0.2) is 65.6 Å². The molecule has 0 aromatic heterocycles. The highest BCUT2D eigenvalue weighted by Gasteiger charge is 2.12. The molecule has 6 nitrogen and oxygen atoms in total. The zero-order valence-electron chi connectivity index (χ0n) is 17.9. The normalized spacial score (nSPS) is 11.0. The summed E-state index contributed by atoms with van der Waals surface area (Å²) < 4.78 is 47.4. The van der Waals surface area contributed by atoms with Gasteiger partial charge in [0, 0.05) is 17.7 Å². The van der Waals surface area contributed by atoms with Crippen molar-refractivity contribution in [2.45, 2.75) is 24.5 Å². The first-order valence-corrected chi connectivity index (χ1v) is 11.8. The first-order valence-electron chi connectivity index (χ1n) is 9.83. The highest BCUT2D eigenvalue weighted by atomic mass is 35.5. The minimum absolute atomic E-state index is 0. The van der Waals surface area contributed by atoms with Crippen LogP contribution in [-0.2, 0) is 29.6 Å². The topological polar surface area (TPSA) is 90.6 Å². The van der Waals surface area contributed by atoms with E-state index in [0.717, 1.165) is 11.1 Å².